The highest BCUT2D eigenvalue weighted by atomic mass is 32.2. The first-order valence-electron chi connectivity index (χ1n) is 9.40. The van der Waals surface area contributed by atoms with Crippen molar-refractivity contribution in [3.8, 4) is 11.5 Å². The number of carbonyl (C=O) groups is 1. The Kier molecular flexibility index (Phi) is 6.18. The summed E-state index contributed by atoms with van der Waals surface area (Å²) < 4.78 is 10.6. The molecule has 8 heteroatoms. The van der Waals surface area contributed by atoms with Crippen LogP contribution in [0.2, 0.25) is 0 Å². The van der Waals surface area contributed by atoms with Gasteiger partial charge < -0.3 is 14.3 Å². The van der Waals surface area contributed by atoms with Crippen molar-refractivity contribution in [3.63, 3.8) is 0 Å². The molecule has 0 unspecified atom stereocenters. The lowest BCUT2D eigenvalue weighted by Gasteiger charge is -2.12. The van der Waals surface area contributed by atoms with E-state index in [1.165, 1.54) is 16.7 Å². The van der Waals surface area contributed by atoms with Crippen LogP contribution in [0.15, 0.2) is 86.5 Å². The third kappa shape index (κ3) is 5.04. The predicted molar refractivity (Wildman–Crippen MR) is 121 cm³/mol. The van der Waals surface area contributed by atoms with Crippen molar-refractivity contribution in [1.82, 2.24) is 4.90 Å². The minimum Gasteiger partial charge on any atom is -0.508 e. The maximum absolute atomic E-state index is 13.1. The fourth-order valence-electron chi connectivity index (χ4n) is 2.84. The van der Waals surface area contributed by atoms with Gasteiger partial charge in [0.15, 0.2) is 5.17 Å². The number of nitrogens with zero attached hydrogens (tertiary/aromatic N) is 3. The number of aromatic hydroxyl groups is 1. The van der Waals surface area contributed by atoms with Crippen LogP contribution < -0.4 is 4.74 Å². The summed E-state index contributed by atoms with van der Waals surface area (Å²) >= 11 is 1.25. The van der Waals surface area contributed by atoms with E-state index in [1.54, 1.807) is 56.0 Å². The monoisotopic (exact) mass is 433 g/mol. The maximum atomic E-state index is 13.1. The van der Waals surface area contributed by atoms with Crippen LogP contribution >= 0.6 is 11.8 Å². The van der Waals surface area contributed by atoms with E-state index in [9.17, 15) is 9.90 Å². The maximum Gasteiger partial charge on any atom is 0.267 e. The number of methoxy groups -OCH3 is 1. The lowest BCUT2D eigenvalue weighted by Crippen LogP contribution is -2.28. The van der Waals surface area contributed by atoms with Gasteiger partial charge in [0.2, 0.25) is 0 Å². The van der Waals surface area contributed by atoms with E-state index in [1.807, 2.05) is 30.3 Å². The molecule has 1 fully saturated rings. The average molecular weight is 433 g/mol. The van der Waals surface area contributed by atoms with Crippen LogP contribution in [0.1, 0.15) is 16.9 Å². The average Bonchev–Trinajstić information content (AvgIpc) is 3.40. The second kappa shape index (κ2) is 9.36. The van der Waals surface area contributed by atoms with Gasteiger partial charge in [-0.05, 0) is 77.5 Å². The summed E-state index contributed by atoms with van der Waals surface area (Å²) in [7, 11) is 1.61. The molecule has 0 aliphatic carbocycles. The summed E-state index contributed by atoms with van der Waals surface area (Å²) in [5, 5.41) is 18.2. The van der Waals surface area contributed by atoms with Gasteiger partial charge in [-0.2, -0.15) is 5.10 Å². The molecular weight excluding hydrogens is 414 g/mol. The zero-order valence-electron chi connectivity index (χ0n) is 16.6. The number of hydrogen-bond acceptors (Lipinski definition) is 7. The summed E-state index contributed by atoms with van der Waals surface area (Å²) in [6, 6.07) is 17.6. The van der Waals surface area contributed by atoms with Crippen LogP contribution in [0.25, 0.3) is 6.08 Å². The Morgan fingerprint density at radius 1 is 1.10 bits per heavy atom. The fraction of sp³-hybridized carbons (Fsp3) is 0.0870. The Hall–Kier alpha value is -3.78. The molecule has 2 heterocycles. The highest BCUT2D eigenvalue weighted by molar-refractivity contribution is 8.18. The molecule has 0 atom stereocenters. The summed E-state index contributed by atoms with van der Waals surface area (Å²) in [5.74, 6) is 1.40. The first-order chi connectivity index (χ1) is 15.1. The number of rotatable bonds is 6. The summed E-state index contributed by atoms with van der Waals surface area (Å²) in [4.78, 5) is 15.1. The van der Waals surface area contributed by atoms with Gasteiger partial charge in [0.1, 0.15) is 17.3 Å². The molecule has 1 amide bonds. The zero-order chi connectivity index (χ0) is 21.6. The van der Waals surface area contributed by atoms with E-state index in [4.69, 9.17) is 9.15 Å². The van der Waals surface area contributed by atoms with Crippen molar-refractivity contribution >= 4 is 35.1 Å². The number of thioether (sulfide) groups is 1. The molecular formula is C23H19N3O4S. The third-order valence-electron chi connectivity index (χ3n) is 4.44. The number of carbonyl (C=O) groups excluding carboxylic acids is 1. The van der Waals surface area contributed by atoms with Crippen LogP contribution in [0, 0.1) is 0 Å². The first kappa shape index (κ1) is 20.5. The molecule has 1 aromatic heterocycles. The number of ether oxygens (including phenoxy) is 1. The second-order valence-corrected chi connectivity index (χ2v) is 7.58. The Bertz CT molecular complexity index is 1130. The van der Waals surface area contributed by atoms with E-state index in [-0.39, 0.29) is 18.2 Å². The molecule has 1 N–H and O–H groups in total. The number of hydrogen-bond donors (Lipinski definition) is 1. The Morgan fingerprint density at radius 3 is 2.52 bits per heavy atom. The van der Waals surface area contributed by atoms with Gasteiger partial charge in [-0.1, -0.05) is 12.1 Å². The summed E-state index contributed by atoms with van der Waals surface area (Å²) in [5.41, 5.74) is 1.66. The summed E-state index contributed by atoms with van der Waals surface area (Å²) in [6.45, 7) is 0.256. The van der Waals surface area contributed by atoms with Crippen LogP contribution in [-0.2, 0) is 11.3 Å². The number of phenols is 1. The van der Waals surface area contributed by atoms with Gasteiger partial charge in [0.05, 0.1) is 31.0 Å². The van der Waals surface area contributed by atoms with Crippen LogP contribution in [0.5, 0.6) is 11.5 Å². The molecule has 4 rings (SSSR count). The largest absolute Gasteiger partial charge is 0.508 e. The zero-order valence-corrected chi connectivity index (χ0v) is 17.5. The van der Waals surface area contributed by atoms with Gasteiger partial charge in [-0.25, -0.2) is 0 Å². The molecule has 1 aliphatic heterocycles. The van der Waals surface area contributed by atoms with Gasteiger partial charge in [0.25, 0.3) is 5.91 Å². The third-order valence-corrected chi connectivity index (χ3v) is 5.44. The molecule has 1 saturated heterocycles. The van der Waals surface area contributed by atoms with Crippen molar-refractivity contribution in [1.29, 1.82) is 0 Å². The molecule has 2 aromatic carbocycles. The van der Waals surface area contributed by atoms with Gasteiger partial charge in [-0.15, -0.1) is 5.10 Å². The van der Waals surface area contributed by atoms with Crippen molar-refractivity contribution < 1.29 is 19.1 Å². The molecule has 1 aliphatic rings. The van der Waals surface area contributed by atoms with Gasteiger partial charge >= 0.3 is 0 Å². The van der Waals surface area contributed by atoms with Crippen molar-refractivity contribution in [3.05, 3.63) is 88.7 Å². The quantitative estimate of drug-likeness (QED) is 0.351. The topological polar surface area (TPSA) is 87.6 Å². The molecule has 0 radical (unpaired) electrons. The Morgan fingerprint density at radius 2 is 1.84 bits per heavy atom. The lowest BCUT2D eigenvalue weighted by molar-refractivity contribution is -0.122. The second-order valence-electron chi connectivity index (χ2n) is 6.57. The highest BCUT2D eigenvalue weighted by Crippen LogP contribution is 2.34. The van der Waals surface area contributed by atoms with Gasteiger partial charge in [-0.3, -0.25) is 9.69 Å². The van der Waals surface area contributed by atoms with Crippen molar-refractivity contribution in [2.24, 2.45) is 10.2 Å². The SMILES string of the molecule is COc1ccc(/C=C2\S/C(=N/N=C\c3ccc(O)cc3)N(Cc3ccco3)C2=O)cc1. The van der Waals surface area contributed by atoms with E-state index in [0.29, 0.717) is 15.8 Å². The number of phenolic OH excluding ortho intramolecular Hbond substituents is 1. The minimum atomic E-state index is -0.171. The van der Waals surface area contributed by atoms with E-state index < -0.39 is 0 Å². The predicted octanol–water partition coefficient (Wildman–Crippen LogP) is 4.50. The van der Waals surface area contributed by atoms with Crippen LogP contribution in [-0.4, -0.2) is 34.4 Å². The Balaban J connectivity index is 1.59. The molecule has 31 heavy (non-hydrogen) atoms. The molecule has 156 valence electrons. The van der Waals surface area contributed by atoms with Crippen LogP contribution in [0.3, 0.4) is 0 Å². The fourth-order valence-corrected chi connectivity index (χ4v) is 3.77. The number of amides is 1. The van der Waals surface area contributed by atoms with Crippen molar-refractivity contribution in [2.75, 3.05) is 7.11 Å². The number of furan rings is 1. The molecule has 0 bridgehead atoms. The smallest absolute Gasteiger partial charge is 0.267 e. The lowest BCUT2D eigenvalue weighted by atomic mass is 10.2. The highest BCUT2D eigenvalue weighted by Gasteiger charge is 2.34. The number of amidine groups is 1. The van der Waals surface area contributed by atoms with E-state index in [0.717, 1.165) is 16.9 Å². The van der Waals surface area contributed by atoms with E-state index in [2.05, 4.69) is 10.2 Å². The van der Waals surface area contributed by atoms with Crippen molar-refractivity contribution in [2.45, 2.75) is 6.54 Å². The molecule has 0 spiro atoms. The normalized spacial score (nSPS) is 16.7. The van der Waals surface area contributed by atoms with E-state index >= 15 is 0 Å². The molecule has 0 saturated carbocycles. The van der Waals surface area contributed by atoms with Crippen LogP contribution in [0.4, 0.5) is 0 Å². The standard InChI is InChI=1S/C23H19N3O4S/c1-29-19-10-6-16(7-11-19)13-21-22(28)26(15-20-3-2-12-30-20)23(31-21)25-24-14-17-4-8-18(27)9-5-17/h2-14,27H,15H2,1H3/b21-13-,24-14-,25-23+. The summed E-state index contributed by atoms with van der Waals surface area (Å²) in [6.07, 6.45) is 4.94. The number of benzene rings is 2. The Labute approximate surface area is 183 Å². The molecule has 3 aromatic rings. The molecule has 7 nitrogen and oxygen atoms in total. The minimum absolute atomic E-state index is 0.171. The van der Waals surface area contributed by atoms with Gasteiger partial charge in [0, 0.05) is 0 Å². The first-order valence-corrected chi connectivity index (χ1v) is 10.2.